The second-order valence-electron chi connectivity index (χ2n) is 9.86. The van der Waals surface area contributed by atoms with E-state index in [1.54, 1.807) is 17.0 Å². The van der Waals surface area contributed by atoms with Crippen LogP contribution in [0.5, 0.6) is 5.75 Å². The molecule has 1 N–H and O–H groups in total. The zero-order valence-electron chi connectivity index (χ0n) is 19.6. The normalized spacial score (nSPS) is 24.7. The molecule has 2 unspecified atom stereocenters. The van der Waals surface area contributed by atoms with Gasteiger partial charge >= 0.3 is 6.09 Å². The van der Waals surface area contributed by atoms with Crippen LogP contribution in [0, 0.1) is 5.82 Å². The highest BCUT2D eigenvalue weighted by atomic mass is 19.1. The Bertz CT molecular complexity index is 1230. The monoisotopic (exact) mass is 473 g/mol. The number of halogens is 1. The highest BCUT2D eigenvalue weighted by Gasteiger charge is 2.51. The highest BCUT2D eigenvalue weighted by molar-refractivity contribution is 5.79. The number of methoxy groups -OCH3 is 1. The van der Waals surface area contributed by atoms with Crippen molar-refractivity contribution >= 4 is 6.09 Å². The first kappa shape index (κ1) is 22.1. The number of amides is 1. The van der Waals surface area contributed by atoms with Gasteiger partial charge in [0, 0.05) is 36.4 Å². The molecule has 180 valence electrons. The van der Waals surface area contributed by atoms with Gasteiger partial charge in [0.2, 0.25) is 0 Å². The van der Waals surface area contributed by atoms with Crippen LogP contribution in [0.15, 0.2) is 66.7 Å². The van der Waals surface area contributed by atoms with Gasteiger partial charge in [0.15, 0.2) is 11.6 Å². The number of carbonyl (C=O) groups is 1. The number of rotatable bonds is 4. The molecule has 3 aromatic carbocycles. The Balaban J connectivity index is 1.20. The molecule has 2 fully saturated rings. The lowest BCUT2D eigenvalue weighted by Gasteiger charge is -2.43. The van der Waals surface area contributed by atoms with Crippen molar-refractivity contribution in [2.75, 3.05) is 13.7 Å². The van der Waals surface area contributed by atoms with Crippen molar-refractivity contribution in [1.29, 1.82) is 0 Å². The van der Waals surface area contributed by atoms with Crippen LogP contribution in [-0.4, -0.2) is 41.9 Å². The molecule has 6 rings (SSSR count). The summed E-state index contributed by atoms with van der Waals surface area (Å²) in [5.41, 5.74) is 3.93. The molecular formula is C29H28FNO4. The van der Waals surface area contributed by atoms with Crippen molar-refractivity contribution in [1.82, 2.24) is 4.90 Å². The van der Waals surface area contributed by atoms with E-state index in [0.717, 1.165) is 12.8 Å². The Hall–Kier alpha value is -3.38. The zero-order valence-corrected chi connectivity index (χ0v) is 19.6. The Morgan fingerprint density at radius 3 is 2.17 bits per heavy atom. The number of ether oxygens (including phenoxy) is 2. The Kier molecular flexibility index (Phi) is 5.29. The van der Waals surface area contributed by atoms with E-state index in [0.29, 0.717) is 18.4 Å². The van der Waals surface area contributed by atoms with Crippen LogP contribution in [0.4, 0.5) is 9.18 Å². The zero-order chi connectivity index (χ0) is 24.2. The first-order chi connectivity index (χ1) is 17.0. The van der Waals surface area contributed by atoms with E-state index >= 15 is 0 Å². The number of para-hydroxylation sites is 1. The van der Waals surface area contributed by atoms with Gasteiger partial charge in [-0.1, -0.05) is 60.7 Å². The minimum Gasteiger partial charge on any atom is -0.493 e. The molecule has 6 heteroatoms. The van der Waals surface area contributed by atoms with E-state index < -0.39 is 11.4 Å². The lowest BCUT2D eigenvalue weighted by atomic mass is 9.80. The van der Waals surface area contributed by atoms with E-state index in [2.05, 4.69) is 24.3 Å². The third-order valence-corrected chi connectivity index (χ3v) is 7.99. The van der Waals surface area contributed by atoms with E-state index in [1.807, 2.05) is 24.3 Å². The molecule has 0 aromatic heterocycles. The summed E-state index contributed by atoms with van der Waals surface area (Å²) < 4.78 is 25.5. The molecule has 1 aliphatic carbocycles. The third kappa shape index (κ3) is 3.50. The van der Waals surface area contributed by atoms with Gasteiger partial charge in [-0.3, -0.25) is 0 Å². The molecule has 2 atom stereocenters. The molecule has 3 aromatic rings. The Morgan fingerprint density at radius 2 is 1.57 bits per heavy atom. The largest absolute Gasteiger partial charge is 0.493 e. The topological polar surface area (TPSA) is 59.0 Å². The maximum atomic E-state index is 14.3. The molecule has 0 saturated carbocycles. The van der Waals surface area contributed by atoms with Gasteiger partial charge in [-0.05, 0) is 41.2 Å². The summed E-state index contributed by atoms with van der Waals surface area (Å²) in [5.74, 6) is -0.420. The quantitative estimate of drug-likeness (QED) is 0.536. The predicted molar refractivity (Wildman–Crippen MR) is 130 cm³/mol. The standard InChI is InChI=1S/C29H28FNO4/c1-34-27-25(11-6-12-26(27)30)29(33)15-18-13-14-19(16-29)31(18)28(32)35-17-24-22-9-4-2-7-20(22)21-8-3-5-10-23(21)24/h2-12,18-19,24,33H,13-17H2,1H3. The number of carbonyl (C=O) groups excluding carboxylic acids is 1. The van der Waals surface area contributed by atoms with Gasteiger partial charge in [0.05, 0.1) is 12.7 Å². The third-order valence-electron chi connectivity index (χ3n) is 7.99. The van der Waals surface area contributed by atoms with Gasteiger partial charge < -0.3 is 19.5 Å². The van der Waals surface area contributed by atoms with Crippen LogP contribution in [0.1, 0.15) is 48.3 Å². The number of piperidine rings is 1. The van der Waals surface area contributed by atoms with Crippen LogP contribution >= 0.6 is 0 Å². The molecule has 0 spiro atoms. The molecule has 1 amide bonds. The minimum absolute atomic E-state index is 0.00211. The van der Waals surface area contributed by atoms with Crippen molar-refractivity contribution in [2.24, 2.45) is 0 Å². The summed E-state index contributed by atoms with van der Waals surface area (Å²) in [4.78, 5) is 15.1. The lowest BCUT2D eigenvalue weighted by Crippen LogP contribution is -2.52. The van der Waals surface area contributed by atoms with Crippen LogP contribution in [0.3, 0.4) is 0 Å². The minimum atomic E-state index is -1.25. The van der Waals surface area contributed by atoms with Crippen LogP contribution in [0.2, 0.25) is 0 Å². The number of benzene rings is 3. The molecule has 0 radical (unpaired) electrons. The van der Waals surface area contributed by atoms with E-state index in [9.17, 15) is 14.3 Å². The van der Waals surface area contributed by atoms with Crippen molar-refractivity contribution in [3.63, 3.8) is 0 Å². The fourth-order valence-corrected chi connectivity index (χ4v) is 6.49. The van der Waals surface area contributed by atoms with Gasteiger partial charge in [0.25, 0.3) is 0 Å². The number of nitrogens with zero attached hydrogens (tertiary/aromatic N) is 1. The first-order valence-electron chi connectivity index (χ1n) is 12.2. The molecule has 2 aliphatic heterocycles. The number of aliphatic hydroxyl groups is 1. The summed E-state index contributed by atoms with van der Waals surface area (Å²) in [5, 5.41) is 11.6. The molecular weight excluding hydrogens is 445 g/mol. The first-order valence-corrected chi connectivity index (χ1v) is 12.2. The number of hydrogen-bond donors (Lipinski definition) is 1. The summed E-state index contributed by atoms with van der Waals surface area (Å²) in [7, 11) is 1.41. The second-order valence-corrected chi connectivity index (χ2v) is 9.86. The Labute approximate surface area is 204 Å². The highest BCUT2D eigenvalue weighted by Crippen LogP contribution is 2.49. The molecule has 35 heavy (non-hydrogen) atoms. The summed E-state index contributed by atoms with van der Waals surface area (Å²) in [6.45, 7) is 0.269. The van der Waals surface area contributed by atoms with E-state index in [4.69, 9.17) is 9.47 Å². The van der Waals surface area contributed by atoms with E-state index in [-0.39, 0.29) is 36.5 Å². The van der Waals surface area contributed by atoms with Gasteiger partial charge in [0.1, 0.15) is 6.61 Å². The number of hydrogen-bond acceptors (Lipinski definition) is 4. The van der Waals surface area contributed by atoms with Crippen LogP contribution < -0.4 is 4.74 Å². The molecule has 2 bridgehead atoms. The molecule has 2 heterocycles. The smallest absolute Gasteiger partial charge is 0.410 e. The van der Waals surface area contributed by atoms with Gasteiger partial charge in [-0.25, -0.2) is 9.18 Å². The maximum Gasteiger partial charge on any atom is 0.410 e. The van der Waals surface area contributed by atoms with E-state index in [1.165, 1.54) is 35.4 Å². The lowest BCUT2D eigenvalue weighted by molar-refractivity contribution is -0.0545. The average Bonchev–Trinajstić information content (AvgIpc) is 3.34. The number of fused-ring (bicyclic) bond motifs is 5. The maximum absolute atomic E-state index is 14.3. The summed E-state index contributed by atoms with van der Waals surface area (Å²) >= 11 is 0. The van der Waals surface area contributed by atoms with Crippen molar-refractivity contribution < 1.29 is 23.8 Å². The molecule has 2 saturated heterocycles. The SMILES string of the molecule is COc1c(F)cccc1C1(O)CC2CCC(C1)N2C(=O)OCC1c2ccccc2-c2ccccc21. The Morgan fingerprint density at radius 1 is 0.971 bits per heavy atom. The summed E-state index contributed by atoms with van der Waals surface area (Å²) in [6, 6.07) is 20.8. The fraction of sp³-hybridized carbons (Fsp3) is 0.345. The predicted octanol–water partition coefficient (Wildman–Crippen LogP) is 5.60. The van der Waals surface area contributed by atoms with Crippen LogP contribution in [-0.2, 0) is 10.3 Å². The van der Waals surface area contributed by atoms with Gasteiger partial charge in [-0.2, -0.15) is 0 Å². The average molecular weight is 474 g/mol. The molecule has 5 nitrogen and oxygen atoms in total. The van der Waals surface area contributed by atoms with Gasteiger partial charge in [-0.15, -0.1) is 0 Å². The van der Waals surface area contributed by atoms with Crippen molar-refractivity contribution in [2.45, 2.75) is 49.3 Å². The van der Waals surface area contributed by atoms with Crippen molar-refractivity contribution in [3.05, 3.63) is 89.2 Å². The van der Waals surface area contributed by atoms with Crippen molar-refractivity contribution in [3.8, 4) is 16.9 Å². The fourth-order valence-electron chi connectivity index (χ4n) is 6.49. The second kappa shape index (κ2) is 8.38. The summed E-state index contributed by atoms with van der Waals surface area (Å²) in [6.07, 6.45) is 1.89. The van der Waals surface area contributed by atoms with Crippen LogP contribution in [0.25, 0.3) is 11.1 Å². The molecule has 3 aliphatic rings.